The summed E-state index contributed by atoms with van der Waals surface area (Å²) in [6.07, 6.45) is 0.419. The van der Waals surface area contributed by atoms with Crippen molar-refractivity contribution in [1.82, 2.24) is 0 Å². The third-order valence-corrected chi connectivity index (χ3v) is 2.48. The summed E-state index contributed by atoms with van der Waals surface area (Å²) in [5.41, 5.74) is 0.562. The fraction of sp³-hybridized carbons (Fsp3) is 0.250. The van der Waals surface area contributed by atoms with Crippen LogP contribution >= 0.6 is 10.7 Å². The molecule has 0 heterocycles. The van der Waals surface area contributed by atoms with Gasteiger partial charge in [-0.2, -0.15) is 0 Å². The second-order valence-electron chi connectivity index (χ2n) is 2.34. The van der Waals surface area contributed by atoms with Crippen LogP contribution in [0.4, 0.5) is 4.39 Å². The second-order valence-corrected chi connectivity index (χ2v) is 4.36. The van der Waals surface area contributed by atoms with Crippen LogP contribution in [0.3, 0.4) is 0 Å². The largest absolute Gasteiger partial charge is 0.243 e. The Balaban J connectivity index is 2.63. The monoisotopic (exact) mass is 206 g/mol. The first-order chi connectivity index (χ1) is 5.70. The first-order valence-electron chi connectivity index (χ1n) is 3.48. The van der Waals surface area contributed by atoms with Crippen LogP contribution in [0, 0.1) is 5.82 Å². The molecule has 0 aromatic heterocycles. The van der Waals surface area contributed by atoms with Crippen molar-refractivity contribution in [2.75, 3.05) is 5.75 Å². The van der Waals surface area contributed by atoms with Crippen LogP contribution in [0.1, 0.15) is 5.56 Å². The van der Waals surface area contributed by atoms with E-state index in [0.717, 1.165) is 0 Å². The molecule has 0 saturated heterocycles. The van der Waals surface area contributed by atoms with Crippen LogP contribution < -0.4 is 0 Å². The van der Waals surface area contributed by atoms with E-state index < -0.39 is 10.0 Å². The van der Waals surface area contributed by atoms with Crippen molar-refractivity contribution >= 4 is 20.7 Å². The quantitative estimate of drug-likeness (QED) is 0.694. The molecule has 4 heteroatoms. The summed E-state index contributed by atoms with van der Waals surface area (Å²) in [6, 6.07) is 6.41. The van der Waals surface area contributed by atoms with Crippen LogP contribution in [0.15, 0.2) is 24.3 Å². The molecule has 0 aliphatic carbocycles. The van der Waals surface area contributed by atoms with E-state index in [1.807, 2.05) is 0 Å². The Hall–Kier alpha value is -0.410. The number of hydrogen-bond acceptors (Lipinski definition) is 1. The lowest BCUT2D eigenvalue weighted by Gasteiger charge is -1.98. The average Bonchev–Trinajstić information content (AvgIpc) is 2.03. The van der Waals surface area contributed by atoms with Crippen LogP contribution in [-0.4, -0.2) is 9.96 Å². The fourth-order valence-corrected chi connectivity index (χ4v) is 1.50. The smallest absolute Gasteiger partial charge is 0.126 e. The van der Waals surface area contributed by atoms with Gasteiger partial charge in [-0.25, -0.2) is 8.60 Å². The fourth-order valence-electron chi connectivity index (χ4n) is 0.891. The Bertz CT molecular complexity index is 290. The van der Waals surface area contributed by atoms with Crippen molar-refractivity contribution < 1.29 is 8.60 Å². The van der Waals surface area contributed by atoms with Gasteiger partial charge in [0.25, 0.3) is 0 Å². The number of rotatable bonds is 3. The van der Waals surface area contributed by atoms with Gasteiger partial charge in [0.05, 0.1) is 0 Å². The molecule has 0 saturated carbocycles. The highest BCUT2D eigenvalue weighted by Gasteiger charge is 2.01. The highest BCUT2D eigenvalue weighted by Crippen LogP contribution is 2.07. The lowest BCUT2D eigenvalue weighted by molar-refractivity contribution is 0.612. The average molecular weight is 207 g/mol. The summed E-state index contributed by atoms with van der Waals surface area (Å²) in [5, 5.41) is 0. The van der Waals surface area contributed by atoms with E-state index >= 15 is 0 Å². The Kier molecular flexibility index (Phi) is 3.69. The summed E-state index contributed by atoms with van der Waals surface area (Å²) in [7, 11) is 3.86. The van der Waals surface area contributed by atoms with Gasteiger partial charge in [0.1, 0.15) is 15.8 Å². The standard InChI is InChI=1S/C8H8ClFOS/c9-12(11)6-5-7-3-1-2-4-8(7)10/h1-4H,5-6H2. The Morgan fingerprint density at radius 1 is 1.42 bits per heavy atom. The predicted octanol–water partition coefficient (Wildman–Crippen LogP) is 2.27. The van der Waals surface area contributed by atoms with Gasteiger partial charge in [0, 0.05) is 5.75 Å². The van der Waals surface area contributed by atoms with Gasteiger partial charge >= 0.3 is 0 Å². The number of benzene rings is 1. The van der Waals surface area contributed by atoms with E-state index in [9.17, 15) is 8.60 Å². The van der Waals surface area contributed by atoms with Crippen LogP contribution in [0.25, 0.3) is 0 Å². The van der Waals surface area contributed by atoms with Crippen molar-refractivity contribution in [1.29, 1.82) is 0 Å². The van der Waals surface area contributed by atoms with Crippen molar-refractivity contribution in [2.24, 2.45) is 0 Å². The maximum Gasteiger partial charge on any atom is 0.126 e. The number of hydrogen-bond donors (Lipinski definition) is 0. The van der Waals surface area contributed by atoms with Crippen LogP contribution in [0.2, 0.25) is 0 Å². The maximum absolute atomic E-state index is 12.9. The molecule has 0 fully saturated rings. The third kappa shape index (κ3) is 2.91. The van der Waals surface area contributed by atoms with Crippen molar-refractivity contribution in [3.05, 3.63) is 35.6 Å². The minimum absolute atomic E-state index is 0.264. The van der Waals surface area contributed by atoms with E-state index in [1.165, 1.54) is 6.07 Å². The van der Waals surface area contributed by atoms with Gasteiger partial charge in [-0.05, 0) is 28.7 Å². The van der Waals surface area contributed by atoms with Gasteiger partial charge in [-0.1, -0.05) is 18.2 Å². The Morgan fingerprint density at radius 3 is 2.67 bits per heavy atom. The summed E-state index contributed by atoms with van der Waals surface area (Å²) >= 11 is 0. The molecule has 0 radical (unpaired) electrons. The Labute approximate surface area is 77.5 Å². The molecule has 66 valence electrons. The maximum atomic E-state index is 12.9. The molecule has 12 heavy (non-hydrogen) atoms. The number of halogens is 2. The molecule has 0 spiro atoms. The van der Waals surface area contributed by atoms with Crippen LogP contribution in [-0.2, 0) is 16.4 Å². The van der Waals surface area contributed by atoms with Crippen molar-refractivity contribution in [3.8, 4) is 0 Å². The lowest BCUT2D eigenvalue weighted by Crippen LogP contribution is -1.97. The van der Waals surface area contributed by atoms with Crippen molar-refractivity contribution in [3.63, 3.8) is 0 Å². The van der Waals surface area contributed by atoms with Gasteiger partial charge in [-0.15, -0.1) is 0 Å². The molecule has 0 bridgehead atoms. The molecule has 0 aliphatic heterocycles. The van der Waals surface area contributed by atoms with Gasteiger partial charge in [0.15, 0.2) is 0 Å². The summed E-state index contributed by atoms with van der Waals surface area (Å²) in [4.78, 5) is 0. The minimum Gasteiger partial charge on any atom is -0.243 e. The normalized spacial score (nSPS) is 12.8. The van der Waals surface area contributed by atoms with Crippen LogP contribution in [0.5, 0.6) is 0 Å². The molecular formula is C8H8ClFOS. The summed E-state index contributed by atoms with van der Waals surface area (Å²) < 4.78 is 23.4. The second kappa shape index (κ2) is 4.58. The third-order valence-electron chi connectivity index (χ3n) is 1.49. The molecule has 0 N–H and O–H groups in total. The molecule has 1 rings (SSSR count). The SMILES string of the molecule is O=S(Cl)CCc1ccccc1F. The van der Waals surface area contributed by atoms with E-state index in [1.54, 1.807) is 18.2 Å². The van der Waals surface area contributed by atoms with Gasteiger partial charge < -0.3 is 0 Å². The lowest BCUT2D eigenvalue weighted by atomic mass is 10.2. The summed E-state index contributed by atoms with van der Waals surface area (Å²) in [6.45, 7) is 0. The Morgan fingerprint density at radius 2 is 2.08 bits per heavy atom. The molecule has 1 nitrogen and oxygen atoms in total. The zero-order chi connectivity index (χ0) is 8.97. The minimum atomic E-state index is -1.37. The van der Waals surface area contributed by atoms with E-state index in [0.29, 0.717) is 17.7 Å². The van der Waals surface area contributed by atoms with Gasteiger partial charge in [-0.3, -0.25) is 0 Å². The molecule has 1 unspecified atom stereocenters. The van der Waals surface area contributed by atoms with E-state index in [-0.39, 0.29) is 5.82 Å². The molecule has 1 aromatic carbocycles. The predicted molar refractivity (Wildman–Crippen MR) is 49.0 cm³/mol. The zero-order valence-electron chi connectivity index (χ0n) is 6.30. The van der Waals surface area contributed by atoms with E-state index in [4.69, 9.17) is 10.7 Å². The highest BCUT2D eigenvalue weighted by atomic mass is 35.7. The van der Waals surface area contributed by atoms with Gasteiger partial charge in [0.2, 0.25) is 0 Å². The highest BCUT2D eigenvalue weighted by molar-refractivity contribution is 8.08. The first kappa shape index (κ1) is 9.68. The first-order valence-corrected chi connectivity index (χ1v) is 5.62. The summed E-state index contributed by atoms with van der Waals surface area (Å²) in [5.74, 6) is 0.0299. The molecule has 0 amide bonds. The van der Waals surface area contributed by atoms with E-state index in [2.05, 4.69) is 0 Å². The zero-order valence-corrected chi connectivity index (χ0v) is 7.87. The molecule has 0 aliphatic rings. The topological polar surface area (TPSA) is 17.1 Å². The number of aryl methyl sites for hydroxylation is 1. The van der Waals surface area contributed by atoms with Crippen molar-refractivity contribution in [2.45, 2.75) is 6.42 Å². The molecule has 1 aromatic rings. The molecule has 1 atom stereocenters. The molecular weight excluding hydrogens is 199 g/mol.